The van der Waals surface area contributed by atoms with Gasteiger partial charge in [-0.3, -0.25) is 0 Å². The normalized spacial score (nSPS) is 12.2. The molecule has 1 unspecified atom stereocenters. The Morgan fingerprint density at radius 2 is 1.80 bits per heavy atom. The predicted molar refractivity (Wildman–Crippen MR) is 74.7 cm³/mol. The first-order valence-electron chi connectivity index (χ1n) is 6.51. The first kappa shape index (κ1) is 14.5. The Hall–Kier alpha value is -1.94. The molecule has 0 fully saturated rings. The summed E-state index contributed by atoms with van der Waals surface area (Å²) in [6.07, 6.45) is 0.663. The zero-order chi connectivity index (χ0) is 14.4. The Morgan fingerprint density at radius 3 is 2.45 bits per heavy atom. The van der Waals surface area contributed by atoms with E-state index in [0.717, 1.165) is 11.8 Å². The fourth-order valence-corrected chi connectivity index (χ4v) is 2.02. The summed E-state index contributed by atoms with van der Waals surface area (Å²) in [6, 6.07) is 13.4. The summed E-state index contributed by atoms with van der Waals surface area (Å²) in [5.41, 5.74) is 0.711. The third kappa shape index (κ3) is 3.78. The van der Waals surface area contributed by atoms with Crippen LogP contribution in [0.1, 0.15) is 18.0 Å². The van der Waals surface area contributed by atoms with Gasteiger partial charge in [-0.1, -0.05) is 24.3 Å². The van der Waals surface area contributed by atoms with Gasteiger partial charge in [-0.2, -0.15) is 0 Å². The first-order chi connectivity index (χ1) is 9.70. The zero-order valence-electron chi connectivity index (χ0n) is 11.3. The smallest absolute Gasteiger partial charge is 0.159 e. The van der Waals surface area contributed by atoms with Gasteiger partial charge in [0.25, 0.3) is 0 Å². The minimum Gasteiger partial charge on any atom is -0.494 e. The van der Waals surface area contributed by atoms with E-state index in [9.17, 15) is 8.78 Å². The van der Waals surface area contributed by atoms with Crippen LogP contribution in [0.2, 0.25) is 0 Å². The minimum atomic E-state index is -0.830. The highest BCUT2D eigenvalue weighted by molar-refractivity contribution is 5.22. The molecule has 106 valence electrons. The maximum absolute atomic E-state index is 13.2. The summed E-state index contributed by atoms with van der Waals surface area (Å²) < 4.78 is 31.8. The summed E-state index contributed by atoms with van der Waals surface area (Å²) in [5, 5.41) is 3.08. The van der Waals surface area contributed by atoms with E-state index in [1.165, 1.54) is 6.07 Å². The van der Waals surface area contributed by atoms with Gasteiger partial charge in [0.15, 0.2) is 11.6 Å². The number of hydrogen-bond donors (Lipinski definition) is 1. The molecule has 0 heterocycles. The monoisotopic (exact) mass is 277 g/mol. The molecule has 0 bridgehead atoms. The van der Waals surface area contributed by atoms with E-state index in [-0.39, 0.29) is 6.04 Å². The Bertz CT molecular complexity index is 545. The van der Waals surface area contributed by atoms with Gasteiger partial charge in [0, 0.05) is 12.5 Å². The highest BCUT2D eigenvalue weighted by atomic mass is 19.2. The molecule has 0 saturated carbocycles. The van der Waals surface area contributed by atoms with Gasteiger partial charge < -0.3 is 10.1 Å². The lowest BCUT2D eigenvalue weighted by molar-refractivity contribution is 0.290. The van der Waals surface area contributed by atoms with E-state index in [4.69, 9.17) is 4.74 Å². The average molecular weight is 277 g/mol. The third-order valence-corrected chi connectivity index (χ3v) is 3.11. The number of para-hydroxylation sites is 1. The van der Waals surface area contributed by atoms with Crippen LogP contribution in [0.5, 0.6) is 5.75 Å². The maximum Gasteiger partial charge on any atom is 0.159 e. The van der Waals surface area contributed by atoms with Gasteiger partial charge in [-0.15, -0.1) is 0 Å². The molecule has 0 radical (unpaired) electrons. The van der Waals surface area contributed by atoms with Gasteiger partial charge in [-0.25, -0.2) is 8.78 Å². The van der Waals surface area contributed by atoms with Crippen LogP contribution in [0.3, 0.4) is 0 Å². The van der Waals surface area contributed by atoms with E-state index in [2.05, 4.69) is 5.32 Å². The van der Waals surface area contributed by atoms with Crippen molar-refractivity contribution in [3.8, 4) is 5.75 Å². The van der Waals surface area contributed by atoms with Crippen molar-refractivity contribution in [2.24, 2.45) is 0 Å². The van der Waals surface area contributed by atoms with Gasteiger partial charge in [0.1, 0.15) is 5.75 Å². The molecule has 0 spiro atoms. The molecule has 2 nitrogen and oxygen atoms in total. The second-order valence-corrected chi connectivity index (χ2v) is 4.46. The predicted octanol–water partition coefficient (Wildman–Crippen LogP) is 3.69. The molecule has 0 amide bonds. The summed E-state index contributed by atoms with van der Waals surface area (Å²) in [5.74, 6) is -0.858. The molecule has 0 aliphatic carbocycles. The summed E-state index contributed by atoms with van der Waals surface area (Å²) in [4.78, 5) is 0. The van der Waals surface area contributed by atoms with E-state index < -0.39 is 11.6 Å². The number of nitrogens with one attached hydrogen (secondary N) is 1. The lowest BCUT2D eigenvalue weighted by Crippen LogP contribution is -2.19. The number of halogens is 2. The van der Waals surface area contributed by atoms with Crippen molar-refractivity contribution < 1.29 is 13.5 Å². The van der Waals surface area contributed by atoms with Gasteiger partial charge in [-0.05, 0) is 36.9 Å². The van der Waals surface area contributed by atoms with Crippen molar-refractivity contribution in [3.05, 3.63) is 65.7 Å². The molecule has 0 aromatic heterocycles. The number of rotatable bonds is 6. The van der Waals surface area contributed by atoms with Crippen molar-refractivity contribution in [1.29, 1.82) is 0 Å². The topological polar surface area (TPSA) is 21.3 Å². The van der Waals surface area contributed by atoms with Crippen molar-refractivity contribution in [1.82, 2.24) is 5.32 Å². The molecular weight excluding hydrogens is 260 g/mol. The summed E-state index contributed by atoms with van der Waals surface area (Å²) >= 11 is 0. The SMILES string of the molecule is CNC(CCOc1ccccc1)c1ccc(F)c(F)c1. The van der Waals surface area contributed by atoms with Gasteiger partial charge in [0.05, 0.1) is 6.61 Å². The summed E-state index contributed by atoms with van der Waals surface area (Å²) in [7, 11) is 1.79. The van der Waals surface area contributed by atoms with Crippen molar-refractivity contribution in [2.75, 3.05) is 13.7 Å². The quantitative estimate of drug-likeness (QED) is 0.869. The van der Waals surface area contributed by atoms with E-state index >= 15 is 0 Å². The number of hydrogen-bond acceptors (Lipinski definition) is 2. The fraction of sp³-hybridized carbons (Fsp3) is 0.250. The molecule has 2 rings (SSSR count). The van der Waals surface area contributed by atoms with Crippen molar-refractivity contribution >= 4 is 0 Å². The molecular formula is C16H17F2NO. The van der Waals surface area contributed by atoms with Gasteiger partial charge >= 0.3 is 0 Å². The molecule has 2 aromatic rings. The molecule has 1 atom stereocenters. The van der Waals surface area contributed by atoms with Gasteiger partial charge in [0.2, 0.25) is 0 Å². The molecule has 2 aromatic carbocycles. The largest absolute Gasteiger partial charge is 0.494 e. The van der Waals surface area contributed by atoms with Crippen LogP contribution in [-0.2, 0) is 0 Å². The van der Waals surface area contributed by atoms with Crippen LogP contribution >= 0.6 is 0 Å². The van der Waals surface area contributed by atoms with Crippen LogP contribution in [-0.4, -0.2) is 13.7 Å². The number of benzene rings is 2. The Morgan fingerprint density at radius 1 is 1.05 bits per heavy atom. The maximum atomic E-state index is 13.2. The molecule has 0 saturated heterocycles. The van der Waals surface area contributed by atoms with Crippen molar-refractivity contribution in [2.45, 2.75) is 12.5 Å². The highest BCUT2D eigenvalue weighted by Crippen LogP contribution is 2.19. The second kappa shape index (κ2) is 7.01. The molecule has 1 N–H and O–H groups in total. The van der Waals surface area contributed by atoms with Crippen LogP contribution in [0, 0.1) is 11.6 Å². The Kier molecular flexibility index (Phi) is 5.07. The zero-order valence-corrected chi connectivity index (χ0v) is 11.3. The Labute approximate surface area is 117 Å². The molecule has 0 aliphatic heterocycles. The van der Waals surface area contributed by atoms with Crippen LogP contribution in [0.25, 0.3) is 0 Å². The molecule has 0 aliphatic rings. The molecule has 4 heteroatoms. The number of ether oxygens (including phenoxy) is 1. The second-order valence-electron chi connectivity index (χ2n) is 4.46. The Balaban J connectivity index is 1.93. The van der Waals surface area contributed by atoms with E-state index in [1.807, 2.05) is 30.3 Å². The van der Waals surface area contributed by atoms with Crippen LogP contribution < -0.4 is 10.1 Å². The minimum absolute atomic E-state index is 0.0752. The lowest BCUT2D eigenvalue weighted by atomic mass is 10.0. The van der Waals surface area contributed by atoms with Crippen LogP contribution in [0.4, 0.5) is 8.78 Å². The summed E-state index contributed by atoms with van der Waals surface area (Å²) in [6.45, 7) is 0.495. The average Bonchev–Trinajstić information content (AvgIpc) is 2.48. The van der Waals surface area contributed by atoms with Crippen LogP contribution in [0.15, 0.2) is 48.5 Å². The molecule has 20 heavy (non-hydrogen) atoms. The van der Waals surface area contributed by atoms with E-state index in [1.54, 1.807) is 13.1 Å². The fourth-order valence-electron chi connectivity index (χ4n) is 2.02. The first-order valence-corrected chi connectivity index (χ1v) is 6.51. The lowest BCUT2D eigenvalue weighted by Gasteiger charge is -2.17. The van der Waals surface area contributed by atoms with Crippen molar-refractivity contribution in [3.63, 3.8) is 0 Å². The van der Waals surface area contributed by atoms with E-state index in [0.29, 0.717) is 18.6 Å². The highest BCUT2D eigenvalue weighted by Gasteiger charge is 2.12. The standard InChI is InChI=1S/C16H17F2NO/c1-19-16(12-7-8-14(17)15(18)11-12)9-10-20-13-5-3-2-4-6-13/h2-8,11,16,19H,9-10H2,1H3. The third-order valence-electron chi connectivity index (χ3n) is 3.11.